The van der Waals surface area contributed by atoms with Gasteiger partial charge in [0.2, 0.25) is 0 Å². The number of nitrogens with zero attached hydrogens (tertiary/aromatic N) is 2. The standard InChI is InChI=1S/C13H12F3N3S/c1-8-4-5-18-12(19-8)20-10-3-2-9(7-17)11(6-10)13(14,15)16/h2-6H,7,17H2,1H3. The third kappa shape index (κ3) is 3.49. The van der Waals surface area contributed by atoms with E-state index in [-0.39, 0.29) is 12.1 Å². The lowest BCUT2D eigenvalue weighted by Gasteiger charge is -2.13. The van der Waals surface area contributed by atoms with Crippen LogP contribution in [-0.2, 0) is 12.7 Å². The van der Waals surface area contributed by atoms with E-state index in [4.69, 9.17) is 5.73 Å². The van der Waals surface area contributed by atoms with Crippen LogP contribution in [0.25, 0.3) is 0 Å². The zero-order valence-corrected chi connectivity index (χ0v) is 11.4. The fraction of sp³-hybridized carbons (Fsp3) is 0.231. The average Bonchev–Trinajstić information content (AvgIpc) is 2.37. The number of nitrogens with two attached hydrogens (primary N) is 1. The Morgan fingerprint density at radius 3 is 2.60 bits per heavy atom. The van der Waals surface area contributed by atoms with Gasteiger partial charge < -0.3 is 5.73 Å². The number of hydrogen-bond acceptors (Lipinski definition) is 4. The summed E-state index contributed by atoms with van der Waals surface area (Å²) in [7, 11) is 0. The number of alkyl halides is 3. The molecule has 1 aromatic heterocycles. The number of aromatic nitrogens is 2. The van der Waals surface area contributed by atoms with Crippen LogP contribution in [0, 0.1) is 6.92 Å². The van der Waals surface area contributed by atoms with Gasteiger partial charge in [-0.15, -0.1) is 0 Å². The second kappa shape index (κ2) is 5.80. The first-order valence-electron chi connectivity index (χ1n) is 5.78. The van der Waals surface area contributed by atoms with Crippen molar-refractivity contribution in [3.05, 3.63) is 47.3 Å². The molecule has 0 aliphatic carbocycles. The number of aryl methyl sites for hydroxylation is 1. The van der Waals surface area contributed by atoms with E-state index in [1.807, 2.05) is 0 Å². The van der Waals surface area contributed by atoms with Gasteiger partial charge in [0.05, 0.1) is 5.56 Å². The lowest BCUT2D eigenvalue weighted by Crippen LogP contribution is -2.12. The SMILES string of the molecule is Cc1ccnc(Sc2ccc(CN)c(C(F)(F)F)c2)n1. The van der Waals surface area contributed by atoms with Gasteiger partial charge in [-0.1, -0.05) is 6.07 Å². The van der Waals surface area contributed by atoms with E-state index in [9.17, 15) is 13.2 Å². The van der Waals surface area contributed by atoms with Crippen LogP contribution in [-0.4, -0.2) is 9.97 Å². The summed E-state index contributed by atoms with van der Waals surface area (Å²) in [6.45, 7) is 1.64. The van der Waals surface area contributed by atoms with Gasteiger partial charge in [0, 0.05) is 23.3 Å². The van der Waals surface area contributed by atoms with E-state index in [0.717, 1.165) is 23.5 Å². The van der Waals surface area contributed by atoms with E-state index in [1.54, 1.807) is 25.3 Å². The highest BCUT2D eigenvalue weighted by atomic mass is 32.2. The maximum Gasteiger partial charge on any atom is 0.416 e. The van der Waals surface area contributed by atoms with Crippen LogP contribution in [0.3, 0.4) is 0 Å². The van der Waals surface area contributed by atoms with Crippen molar-refractivity contribution < 1.29 is 13.2 Å². The molecule has 106 valence electrons. The van der Waals surface area contributed by atoms with Gasteiger partial charge in [-0.3, -0.25) is 0 Å². The third-order valence-corrected chi connectivity index (χ3v) is 3.46. The number of rotatable bonds is 3. The number of halogens is 3. The Labute approximate surface area is 118 Å². The molecule has 0 radical (unpaired) electrons. The molecule has 1 heterocycles. The molecule has 0 fully saturated rings. The zero-order valence-electron chi connectivity index (χ0n) is 10.6. The smallest absolute Gasteiger partial charge is 0.326 e. The largest absolute Gasteiger partial charge is 0.416 e. The Bertz CT molecular complexity index is 614. The summed E-state index contributed by atoms with van der Waals surface area (Å²) in [6, 6.07) is 5.79. The number of benzene rings is 1. The summed E-state index contributed by atoms with van der Waals surface area (Å²) in [5.74, 6) is 0. The molecule has 0 spiro atoms. The summed E-state index contributed by atoms with van der Waals surface area (Å²) in [5, 5.41) is 0.415. The fourth-order valence-electron chi connectivity index (χ4n) is 1.64. The van der Waals surface area contributed by atoms with Gasteiger partial charge in [-0.05, 0) is 42.4 Å². The maximum absolute atomic E-state index is 12.9. The Morgan fingerprint density at radius 2 is 2.00 bits per heavy atom. The van der Waals surface area contributed by atoms with Gasteiger partial charge in [-0.2, -0.15) is 13.2 Å². The number of hydrogen-bond donors (Lipinski definition) is 1. The third-order valence-electron chi connectivity index (χ3n) is 2.59. The molecule has 7 heteroatoms. The zero-order chi connectivity index (χ0) is 14.8. The van der Waals surface area contributed by atoms with Crippen LogP contribution in [0.15, 0.2) is 40.5 Å². The van der Waals surface area contributed by atoms with Crippen LogP contribution >= 0.6 is 11.8 Å². The molecule has 20 heavy (non-hydrogen) atoms. The molecule has 2 aromatic rings. The van der Waals surface area contributed by atoms with Gasteiger partial charge >= 0.3 is 6.18 Å². The van der Waals surface area contributed by atoms with E-state index < -0.39 is 11.7 Å². The van der Waals surface area contributed by atoms with Crippen molar-refractivity contribution in [2.75, 3.05) is 0 Å². The molecular formula is C13H12F3N3S. The van der Waals surface area contributed by atoms with Crippen molar-refractivity contribution in [1.29, 1.82) is 0 Å². The van der Waals surface area contributed by atoms with Crippen LogP contribution in [0.2, 0.25) is 0 Å². The van der Waals surface area contributed by atoms with Crippen molar-refractivity contribution in [3.8, 4) is 0 Å². The summed E-state index contributed by atoms with van der Waals surface area (Å²) in [4.78, 5) is 8.59. The highest BCUT2D eigenvalue weighted by Crippen LogP contribution is 2.35. The van der Waals surface area contributed by atoms with Gasteiger partial charge in [0.1, 0.15) is 0 Å². The topological polar surface area (TPSA) is 51.8 Å². The summed E-state index contributed by atoms with van der Waals surface area (Å²) < 4.78 is 38.8. The van der Waals surface area contributed by atoms with Gasteiger partial charge in [-0.25, -0.2) is 9.97 Å². The molecule has 2 N–H and O–H groups in total. The molecule has 0 bridgehead atoms. The van der Waals surface area contributed by atoms with Crippen LogP contribution < -0.4 is 5.73 Å². The molecule has 3 nitrogen and oxygen atoms in total. The van der Waals surface area contributed by atoms with E-state index in [0.29, 0.717) is 10.1 Å². The lowest BCUT2D eigenvalue weighted by molar-refractivity contribution is -0.138. The first-order valence-corrected chi connectivity index (χ1v) is 6.59. The molecule has 2 rings (SSSR count). The van der Waals surface area contributed by atoms with Crippen LogP contribution in [0.4, 0.5) is 13.2 Å². The Hall–Kier alpha value is -1.60. The second-order valence-electron chi connectivity index (χ2n) is 4.10. The van der Waals surface area contributed by atoms with Crippen molar-refractivity contribution >= 4 is 11.8 Å². The van der Waals surface area contributed by atoms with E-state index in [1.165, 1.54) is 6.07 Å². The van der Waals surface area contributed by atoms with Crippen molar-refractivity contribution in [1.82, 2.24) is 9.97 Å². The molecule has 1 aromatic carbocycles. The minimum absolute atomic E-state index is 0.0759. The van der Waals surface area contributed by atoms with Gasteiger partial charge in [0.25, 0.3) is 0 Å². The summed E-state index contributed by atoms with van der Waals surface area (Å²) in [5.41, 5.74) is 5.46. The van der Waals surface area contributed by atoms with Gasteiger partial charge in [0.15, 0.2) is 5.16 Å². The molecule has 0 aliphatic heterocycles. The summed E-state index contributed by atoms with van der Waals surface area (Å²) >= 11 is 1.09. The highest BCUT2D eigenvalue weighted by Gasteiger charge is 2.33. The summed E-state index contributed by atoms with van der Waals surface area (Å²) in [6.07, 6.45) is -2.84. The fourth-order valence-corrected chi connectivity index (χ4v) is 2.47. The Kier molecular flexibility index (Phi) is 4.29. The molecule has 0 saturated heterocycles. The predicted octanol–water partition coefficient (Wildman–Crippen LogP) is 3.41. The van der Waals surface area contributed by atoms with E-state index >= 15 is 0 Å². The highest BCUT2D eigenvalue weighted by molar-refractivity contribution is 7.99. The van der Waals surface area contributed by atoms with Crippen molar-refractivity contribution in [3.63, 3.8) is 0 Å². The van der Waals surface area contributed by atoms with Crippen molar-refractivity contribution in [2.45, 2.75) is 29.7 Å². The minimum Gasteiger partial charge on any atom is -0.326 e. The molecule has 0 aliphatic rings. The van der Waals surface area contributed by atoms with E-state index in [2.05, 4.69) is 9.97 Å². The maximum atomic E-state index is 12.9. The second-order valence-corrected chi connectivity index (χ2v) is 5.14. The predicted molar refractivity (Wildman–Crippen MR) is 70.2 cm³/mol. The van der Waals surface area contributed by atoms with Crippen molar-refractivity contribution in [2.24, 2.45) is 5.73 Å². The molecule has 0 unspecified atom stereocenters. The van der Waals surface area contributed by atoms with Crippen LogP contribution in [0.1, 0.15) is 16.8 Å². The lowest BCUT2D eigenvalue weighted by atomic mass is 10.1. The Morgan fingerprint density at radius 1 is 1.25 bits per heavy atom. The molecule has 0 saturated carbocycles. The molecule has 0 atom stereocenters. The quantitative estimate of drug-likeness (QED) is 0.882. The first kappa shape index (κ1) is 14.8. The monoisotopic (exact) mass is 299 g/mol. The first-order chi connectivity index (χ1) is 9.40. The normalized spacial score (nSPS) is 11.7. The molecular weight excluding hydrogens is 287 g/mol. The average molecular weight is 299 g/mol. The minimum atomic E-state index is -4.42. The van der Waals surface area contributed by atoms with Crippen LogP contribution in [0.5, 0.6) is 0 Å². The Balaban J connectivity index is 2.34. The molecule has 0 amide bonds.